The van der Waals surface area contributed by atoms with Gasteiger partial charge in [-0.2, -0.15) is 10.1 Å². The molecule has 9 heteroatoms. The van der Waals surface area contributed by atoms with Crippen LogP contribution in [0.5, 0.6) is 5.88 Å². The van der Waals surface area contributed by atoms with Gasteiger partial charge in [0, 0.05) is 18.9 Å². The van der Waals surface area contributed by atoms with Gasteiger partial charge in [0.15, 0.2) is 0 Å². The fraction of sp³-hybridized carbons (Fsp3) is 0.600. The van der Waals surface area contributed by atoms with E-state index in [9.17, 15) is 0 Å². The Hall–Kier alpha value is -2.37. The molecule has 2 fully saturated rings. The summed E-state index contributed by atoms with van der Waals surface area (Å²) < 4.78 is 7.90. The fourth-order valence-electron chi connectivity index (χ4n) is 4.10. The molecule has 0 spiro atoms. The molecule has 4 rings (SSSR count). The summed E-state index contributed by atoms with van der Waals surface area (Å²) in [6, 6.07) is 0.993. The second kappa shape index (κ2) is 8.56. The molecule has 2 saturated carbocycles. The van der Waals surface area contributed by atoms with Gasteiger partial charge in [-0.15, -0.1) is 0 Å². The Morgan fingerprint density at radius 2 is 2.14 bits per heavy atom. The van der Waals surface area contributed by atoms with Crippen molar-refractivity contribution in [2.24, 2.45) is 5.92 Å². The standard InChI is InChI=1S/C20H26ClN7O/c1-12-18(10-25-28(12)16-7-15(8-16)23-3)26-20-24-9-17(21)19(27-20)29-11-13-4-5-14(6-13)22-2/h9-10,13-16,22H,4-8,11H2,1-2H3,(H,24,26,27)/t13-,14+,15?,16?/m1/s1. The van der Waals surface area contributed by atoms with Gasteiger partial charge in [0.25, 0.3) is 0 Å². The van der Waals surface area contributed by atoms with Crippen molar-refractivity contribution in [1.29, 1.82) is 0 Å². The molecule has 2 N–H and O–H groups in total. The van der Waals surface area contributed by atoms with Crippen LogP contribution in [0.25, 0.3) is 4.85 Å². The third-order valence-corrected chi connectivity index (χ3v) is 6.28. The van der Waals surface area contributed by atoms with Gasteiger partial charge in [0.2, 0.25) is 17.9 Å². The molecular weight excluding hydrogens is 390 g/mol. The number of anilines is 2. The zero-order valence-corrected chi connectivity index (χ0v) is 17.5. The molecule has 154 valence electrons. The Morgan fingerprint density at radius 1 is 1.31 bits per heavy atom. The van der Waals surface area contributed by atoms with Crippen molar-refractivity contribution >= 4 is 23.2 Å². The van der Waals surface area contributed by atoms with Crippen LogP contribution in [0, 0.1) is 19.4 Å². The number of halogens is 1. The topological polar surface area (TPSA) is 81.2 Å². The number of nitrogens with one attached hydrogen (secondary N) is 2. The van der Waals surface area contributed by atoms with Gasteiger partial charge >= 0.3 is 0 Å². The van der Waals surface area contributed by atoms with Crippen molar-refractivity contribution in [3.8, 4) is 5.88 Å². The predicted octanol–water partition coefficient (Wildman–Crippen LogP) is 3.77. The van der Waals surface area contributed by atoms with Crippen LogP contribution in [-0.4, -0.2) is 45.5 Å². The summed E-state index contributed by atoms with van der Waals surface area (Å²) in [6.45, 7) is 9.72. The molecule has 0 aliphatic heterocycles. The molecule has 2 aliphatic carbocycles. The number of rotatable bonds is 7. The Kier molecular flexibility index (Phi) is 5.88. The molecule has 0 aromatic carbocycles. The lowest BCUT2D eigenvalue weighted by molar-refractivity contribution is 0.241. The highest BCUT2D eigenvalue weighted by molar-refractivity contribution is 6.31. The number of nitrogens with zero attached hydrogens (tertiary/aromatic N) is 5. The Balaban J connectivity index is 1.39. The van der Waals surface area contributed by atoms with Crippen molar-refractivity contribution in [2.45, 2.75) is 57.2 Å². The molecule has 0 saturated heterocycles. The highest BCUT2D eigenvalue weighted by Crippen LogP contribution is 2.36. The first-order chi connectivity index (χ1) is 14.1. The quantitative estimate of drug-likeness (QED) is 0.670. The lowest BCUT2D eigenvalue weighted by Crippen LogP contribution is -2.30. The largest absolute Gasteiger partial charge is 0.476 e. The minimum absolute atomic E-state index is 0.127. The molecule has 2 aromatic rings. The van der Waals surface area contributed by atoms with Gasteiger partial charge in [-0.25, -0.2) is 11.6 Å². The van der Waals surface area contributed by atoms with E-state index in [0.717, 1.165) is 37.1 Å². The number of ether oxygens (including phenoxy) is 1. The van der Waals surface area contributed by atoms with Crippen LogP contribution >= 0.6 is 11.6 Å². The minimum Gasteiger partial charge on any atom is -0.476 e. The van der Waals surface area contributed by atoms with E-state index in [0.29, 0.717) is 41.5 Å². The van der Waals surface area contributed by atoms with Gasteiger partial charge in [0.1, 0.15) is 5.02 Å². The van der Waals surface area contributed by atoms with Crippen molar-refractivity contribution in [3.05, 3.63) is 34.5 Å². The van der Waals surface area contributed by atoms with E-state index in [4.69, 9.17) is 22.9 Å². The second-order valence-electron chi connectivity index (χ2n) is 7.94. The third-order valence-electron chi connectivity index (χ3n) is 6.03. The number of aromatic nitrogens is 4. The average Bonchev–Trinajstić information content (AvgIpc) is 3.29. The first kappa shape index (κ1) is 19.9. The SMILES string of the molecule is [C-]#[N+]C1CC(n2ncc(Nc3ncc(Cl)c(OC[C@@H]4CC[C@H](NC)C4)n3)c2C)C1. The number of hydrogen-bond donors (Lipinski definition) is 2. The molecule has 0 unspecified atom stereocenters. The summed E-state index contributed by atoms with van der Waals surface area (Å²) in [7, 11) is 2.01. The smallest absolute Gasteiger partial charge is 0.237 e. The van der Waals surface area contributed by atoms with E-state index in [-0.39, 0.29) is 6.04 Å². The average molecular weight is 416 g/mol. The van der Waals surface area contributed by atoms with E-state index in [1.54, 1.807) is 12.4 Å². The molecule has 0 radical (unpaired) electrons. The summed E-state index contributed by atoms with van der Waals surface area (Å²) in [5, 5.41) is 11.4. The van der Waals surface area contributed by atoms with Gasteiger partial charge in [0.05, 0.1) is 36.4 Å². The highest BCUT2D eigenvalue weighted by atomic mass is 35.5. The summed E-state index contributed by atoms with van der Waals surface area (Å²) in [6.07, 6.45) is 8.48. The van der Waals surface area contributed by atoms with E-state index >= 15 is 0 Å². The Bertz CT molecular complexity index is 903. The Labute approximate surface area is 175 Å². The maximum atomic E-state index is 7.11. The minimum atomic E-state index is 0.127. The molecule has 2 heterocycles. The summed E-state index contributed by atoms with van der Waals surface area (Å²) >= 11 is 6.24. The maximum Gasteiger partial charge on any atom is 0.237 e. The fourth-order valence-corrected chi connectivity index (χ4v) is 4.24. The molecule has 0 bridgehead atoms. The van der Waals surface area contributed by atoms with Crippen LogP contribution in [0.3, 0.4) is 0 Å². The zero-order chi connectivity index (χ0) is 20.4. The van der Waals surface area contributed by atoms with Crippen LogP contribution < -0.4 is 15.4 Å². The molecular formula is C20H26ClN7O. The zero-order valence-electron chi connectivity index (χ0n) is 16.7. The lowest BCUT2D eigenvalue weighted by Gasteiger charge is -2.28. The second-order valence-corrected chi connectivity index (χ2v) is 8.35. The normalized spacial score (nSPS) is 26.0. The van der Waals surface area contributed by atoms with Crippen molar-refractivity contribution in [1.82, 2.24) is 25.1 Å². The van der Waals surface area contributed by atoms with Crippen LogP contribution in [0.1, 0.15) is 43.8 Å². The number of hydrogen-bond acceptors (Lipinski definition) is 6. The highest BCUT2D eigenvalue weighted by Gasteiger charge is 2.36. The molecule has 0 amide bonds. The third kappa shape index (κ3) is 4.31. The summed E-state index contributed by atoms with van der Waals surface area (Å²) in [5.74, 6) is 1.34. The van der Waals surface area contributed by atoms with Crippen LogP contribution in [0.15, 0.2) is 12.4 Å². The van der Waals surface area contributed by atoms with Gasteiger partial charge in [-0.05, 0) is 39.2 Å². The van der Waals surface area contributed by atoms with E-state index < -0.39 is 0 Å². The van der Waals surface area contributed by atoms with Gasteiger partial charge < -0.3 is 20.2 Å². The van der Waals surface area contributed by atoms with Crippen LogP contribution in [-0.2, 0) is 0 Å². The molecule has 2 aliphatic rings. The van der Waals surface area contributed by atoms with Crippen molar-refractivity contribution in [2.75, 3.05) is 19.0 Å². The lowest BCUT2D eigenvalue weighted by atomic mass is 9.87. The first-order valence-electron chi connectivity index (χ1n) is 10.1. The van der Waals surface area contributed by atoms with E-state index in [1.165, 1.54) is 6.42 Å². The molecule has 29 heavy (non-hydrogen) atoms. The summed E-state index contributed by atoms with van der Waals surface area (Å²) in [5.41, 5.74) is 1.85. The van der Waals surface area contributed by atoms with Crippen molar-refractivity contribution in [3.63, 3.8) is 0 Å². The summed E-state index contributed by atoms with van der Waals surface area (Å²) in [4.78, 5) is 12.3. The van der Waals surface area contributed by atoms with Crippen LogP contribution in [0.2, 0.25) is 5.02 Å². The van der Waals surface area contributed by atoms with E-state index in [1.807, 2.05) is 18.7 Å². The van der Waals surface area contributed by atoms with E-state index in [2.05, 4.69) is 30.5 Å². The predicted molar refractivity (Wildman–Crippen MR) is 112 cm³/mol. The molecule has 8 nitrogen and oxygen atoms in total. The van der Waals surface area contributed by atoms with Crippen molar-refractivity contribution < 1.29 is 4.74 Å². The monoisotopic (exact) mass is 415 g/mol. The molecule has 2 aromatic heterocycles. The van der Waals surface area contributed by atoms with Crippen LogP contribution in [0.4, 0.5) is 11.6 Å². The Morgan fingerprint density at radius 3 is 2.86 bits per heavy atom. The maximum absolute atomic E-state index is 7.11. The first-order valence-corrected chi connectivity index (χ1v) is 10.5. The van der Waals surface area contributed by atoms with Gasteiger partial charge in [-0.1, -0.05) is 11.6 Å². The molecule has 2 atom stereocenters. The van der Waals surface area contributed by atoms with Gasteiger partial charge in [-0.3, -0.25) is 4.68 Å².